The highest BCUT2D eigenvalue weighted by atomic mass is 16.1. The summed E-state index contributed by atoms with van der Waals surface area (Å²) in [6.45, 7) is 3.31. The van der Waals surface area contributed by atoms with Gasteiger partial charge in [-0.05, 0) is 36.6 Å². The third-order valence-corrected chi connectivity index (χ3v) is 2.87. The Labute approximate surface area is 103 Å². The summed E-state index contributed by atoms with van der Waals surface area (Å²) in [4.78, 5) is 15.5. The van der Waals surface area contributed by atoms with Crippen LogP contribution in [0.4, 0.5) is 0 Å². The number of carbonyl (C=O) groups excluding carboxylic acids is 1. The van der Waals surface area contributed by atoms with Crippen molar-refractivity contribution in [1.82, 2.24) is 10.3 Å². The number of hydrogen-bond donors (Lipinski definition) is 2. The van der Waals surface area contributed by atoms with Crippen molar-refractivity contribution in [3.05, 3.63) is 30.1 Å². The summed E-state index contributed by atoms with van der Waals surface area (Å²) in [7, 11) is 0. The van der Waals surface area contributed by atoms with Gasteiger partial charge in [0.1, 0.15) is 0 Å². The van der Waals surface area contributed by atoms with Crippen LogP contribution in [0.3, 0.4) is 0 Å². The summed E-state index contributed by atoms with van der Waals surface area (Å²) >= 11 is 0. The van der Waals surface area contributed by atoms with Crippen molar-refractivity contribution in [3.63, 3.8) is 0 Å². The third-order valence-electron chi connectivity index (χ3n) is 2.87. The van der Waals surface area contributed by atoms with Crippen molar-refractivity contribution >= 4 is 5.91 Å². The molecule has 1 unspecified atom stereocenters. The summed E-state index contributed by atoms with van der Waals surface area (Å²) in [5, 5.41) is 2.92. The summed E-state index contributed by atoms with van der Waals surface area (Å²) in [6, 6.07) is 3.92. The van der Waals surface area contributed by atoms with Crippen molar-refractivity contribution in [3.8, 4) is 0 Å². The molecule has 0 fully saturated rings. The van der Waals surface area contributed by atoms with Gasteiger partial charge in [-0.15, -0.1) is 0 Å². The van der Waals surface area contributed by atoms with Gasteiger partial charge < -0.3 is 11.1 Å². The quantitative estimate of drug-likeness (QED) is 0.744. The molecule has 4 heteroatoms. The number of carbonyl (C=O) groups is 1. The van der Waals surface area contributed by atoms with E-state index >= 15 is 0 Å². The van der Waals surface area contributed by atoms with Gasteiger partial charge in [0.2, 0.25) is 5.91 Å². The predicted molar refractivity (Wildman–Crippen MR) is 68.4 cm³/mol. The highest BCUT2D eigenvalue weighted by Crippen LogP contribution is 2.05. The number of nitrogens with two attached hydrogens (primary N) is 1. The maximum Gasteiger partial charge on any atom is 0.220 e. The van der Waals surface area contributed by atoms with E-state index in [1.54, 1.807) is 12.4 Å². The molecule has 0 radical (unpaired) electrons. The van der Waals surface area contributed by atoms with Gasteiger partial charge in [0.15, 0.2) is 0 Å². The molecule has 0 aliphatic rings. The van der Waals surface area contributed by atoms with Crippen LogP contribution in [-0.4, -0.2) is 24.0 Å². The fourth-order valence-corrected chi connectivity index (χ4v) is 1.62. The van der Waals surface area contributed by atoms with Crippen LogP contribution in [-0.2, 0) is 11.2 Å². The number of aromatic nitrogens is 1. The third kappa shape index (κ3) is 5.45. The molecule has 1 aromatic heterocycles. The van der Waals surface area contributed by atoms with Gasteiger partial charge in [-0.1, -0.05) is 13.3 Å². The molecule has 94 valence electrons. The first-order valence-electron chi connectivity index (χ1n) is 6.12. The van der Waals surface area contributed by atoms with Crippen LogP contribution in [0.2, 0.25) is 0 Å². The number of nitrogens with one attached hydrogen (secondary N) is 1. The minimum atomic E-state index is 0.0938. The molecule has 0 spiro atoms. The fourth-order valence-electron chi connectivity index (χ4n) is 1.62. The van der Waals surface area contributed by atoms with Crippen molar-refractivity contribution < 1.29 is 4.79 Å². The molecule has 0 bridgehead atoms. The molecule has 1 heterocycles. The molecule has 0 aliphatic carbocycles. The van der Waals surface area contributed by atoms with Crippen molar-refractivity contribution in [1.29, 1.82) is 0 Å². The van der Waals surface area contributed by atoms with Gasteiger partial charge in [-0.2, -0.15) is 0 Å². The lowest BCUT2D eigenvalue weighted by Gasteiger charge is -2.11. The summed E-state index contributed by atoms with van der Waals surface area (Å²) < 4.78 is 0. The van der Waals surface area contributed by atoms with Crippen LogP contribution in [0.25, 0.3) is 0 Å². The van der Waals surface area contributed by atoms with Crippen LogP contribution in [0.5, 0.6) is 0 Å². The lowest BCUT2D eigenvalue weighted by Crippen LogP contribution is -2.29. The SMILES string of the molecule is CCC(CN)CC(=O)NCCc1ccncc1. The number of nitrogens with zero attached hydrogens (tertiary/aromatic N) is 1. The Morgan fingerprint density at radius 2 is 2.18 bits per heavy atom. The van der Waals surface area contributed by atoms with E-state index in [1.165, 1.54) is 5.56 Å². The van der Waals surface area contributed by atoms with Gasteiger partial charge in [0.05, 0.1) is 0 Å². The lowest BCUT2D eigenvalue weighted by atomic mass is 10.0. The minimum Gasteiger partial charge on any atom is -0.356 e. The van der Waals surface area contributed by atoms with E-state index in [0.717, 1.165) is 12.8 Å². The van der Waals surface area contributed by atoms with Crippen LogP contribution < -0.4 is 11.1 Å². The zero-order valence-corrected chi connectivity index (χ0v) is 10.4. The van der Waals surface area contributed by atoms with Crippen LogP contribution in [0, 0.1) is 5.92 Å². The van der Waals surface area contributed by atoms with Crippen molar-refractivity contribution in [2.75, 3.05) is 13.1 Å². The first kappa shape index (κ1) is 13.6. The first-order chi connectivity index (χ1) is 8.26. The molecule has 0 saturated carbocycles. The fraction of sp³-hybridized carbons (Fsp3) is 0.538. The van der Waals surface area contributed by atoms with Crippen LogP contribution in [0.15, 0.2) is 24.5 Å². The minimum absolute atomic E-state index is 0.0938. The number of hydrogen-bond acceptors (Lipinski definition) is 3. The van der Waals surface area contributed by atoms with Gasteiger partial charge in [0, 0.05) is 25.4 Å². The maximum absolute atomic E-state index is 11.6. The highest BCUT2D eigenvalue weighted by molar-refractivity contribution is 5.76. The molecule has 0 aliphatic heterocycles. The molecule has 1 rings (SSSR count). The van der Waals surface area contributed by atoms with E-state index in [2.05, 4.69) is 17.2 Å². The second-order valence-corrected chi connectivity index (χ2v) is 4.17. The molecule has 4 nitrogen and oxygen atoms in total. The second kappa shape index (κ2) is 7.79. The smallest absolute Gasteiger partial charge is 0.220 e. The molecule has 1 atom stereocenters. The maximum atomic E-state index is 11.6. The Morgan fingerprint density at radius 1 is 1.47 bits per heavy atom. The molecule has 17 heavy (non-hydrogen) atoms. The van der Waals surface area contributed by atoms with Gasteiger partial charge in [0.25, 0.3) is 0 Å². The predicted octanol–water partition coefficient (Wildman–Crippen LogP) is 1.12. The number of amides is 1. The van der Waals surface area contributed by atoms with E-state index in [-0.39, 0.29) is 5.91 Å². The molecule has 0 saturated heterocycles. The molecular formula is C13H21N3O. The van der Waals surface area contributed by atoms with Gasteiger partial charge >= 0.3 is 0 Å². The average molecular weight is 235 g/mol. The Kier molecular flexibility index (Phi) is 6.25. The normalized spacial score (nSPS) is 12.1. The molecule has 1 aromatic rings. The summed E-state index contributed by atoms with van der Waals surface area (Å²) in [5.74, 6) is 0.396. The zero-order chi connectivity index (χ0) is 12.5. The van der Waals surface area contributed by atoms with Gasteiger partial charge in [-0.3, -0.25) is 9.78 Å². The Bertz CT molecular complexity index is 323. The largest absolute Gasteiger partial charge is 0.356 e. The van der Waals surface area contributed by atoms with Crippen LogP contribution in [0.1, 0.15) is 25.3 Å². The Balaban J connectivity index is 2.20. The number of pyridine rings is 1. The van der Waals surface area contributed by atoms with Crippen LogP contribution >= 0.6 is 0 Å². The van der Waals surface area contributed by atoms with E-state index in [1.807, 2.05) is 12.1 Å². The number of rotatable bonds is 7. The topological polar surface area (TPSA) is 68.0 Å². The summed E-state index contributed by atoms with van der Waals surface area (Å²) in [6.07, 6.45) is 5.85. The average Bonchev–Trinajstić information content (AvgIpc) is 2.37. The van der Waals surface area contributed by atoms with E-state index in [0.29, 0.717) is 25.4 Å². The Hall–Kier alpha value is -1.42. The van der Waals surface area contributed by atoms with E-state index < -0.39 is 0 Å². The van der Waals surface area contributed by atoms with E-state index in [9.17, 15) is 4.79 Å². The monoisotopic (exact) mass is 235 g/mol. The standard InChI is InChI=1S/C13H21N3O/c1-2-11(10-14)9-13(17)16-8-5-12-3-6-15-7-4-12/h3-4,6-7,11H,2,5,8-10,14H2,1H3,(H,16,17). The van der Waals surface area contributed by atoms with E-state index in [4.69, 9.17) is 5.73 Å². The van der Waals surface area contributed by atoms with Crippen molar-refractivity contribution in [2.24, 2.45) is 11.7 Å². The first-order valence-corrected chi connectivity index (χ1v) is 6.12. The lowest BCUT2D eigenvalue weighted by molar-refractivity contribution is -0.121. The second-order valence-electron chi connectivity index (χ2n) is 4.17. The molecule has 3 N–H and O–H groups in total. The molecule has 0 aromatic carbocycles. The highest BCUT2D eigenvalue weighted by Gasteiger charge is 2.09. The molecular weight excluding hydrogens is 214 g/mol. The molecule has 1 amide bonds. The summed E-state index contributed by atoms with van der Waals surface area (Å²) in [5.41, 5.74) is 6.75. The Morgan fingerprint density at radius 3 is 2.76 bits per heavy atom. The van der Waals surface area contributed by atoms with Gasteiger partial charge in [-0.25, -0.2) is 0 Å². The zero-order valence-electron chi connectivity index (χ0n) is 10.4. The van der Waals surface area contributed by atoms with Crippen molar-refractivity contribution in [2.45, 2.75) is 26.2 Å².